The lowest BCUT2D eigenvalue weighted by molar-refractivity contribution is -0.121. The molecule has 0 aromatic heterocycles. The van der Waals surface area contributed by atoms with Crippen LogP contribution in [0.4, 0.5) is 16.2 Å². The van der Waals surface area contributed by atoms with E-state index in [2.05, 4.69) is 16.3 Å². The quantitative estimate of drug-likeness (QED) is 0.899. The molecular weight excluding hydrogens is 322 g/mol. The molecule has 1 aromatic rings. The topological polar surface area (TPSA) is 71.1 Å². The van der Waals surface area contributed by atoms with Crippen molar-refractivity contribution in [3.8, 4) is 5.75 Å². The molecule has 3 aliphatic heterocycles. The Labute approximate surface area is 146 Å². The molecule has 0 unspecified atom stereocenters. The first-order chi connectivity index (χ1) is 12.2. The van der Waals surface area contributed by atoms with Crippen molar-refractivity contribution in [2.75, 3.05) is 42.6 Å². The maximum atomic E-state index is 12.3. The third kappa shape index (κ3) is 2.99. The number of carbonyl (C=O) groups is 2. The summed E-state index contributed by atoms with van der Waals surface area (Å²) in [5, 5.41) is 2.78. The number of nitrogens with zero attached hydrogens (tertiary/aromatic N) is 2. The van der Waals surface area contributed by atoms with Crippen molar-refractivity contribution in [3.05, 3.63) is 17.7 Å². The average molecular weight is 345 g/mol. The number of carbonyl (C=O) groups excluding carboxylic acids is 2. The molecule has 0 saturated carbocycles. The van der Waals surface area contributed by atoms with Gasteiger partial charge in [0, 0.05) is 19.0 Å². The second-order valence-electron chi connectivity index (χ2n) is 6.66. The van der Waals surface area contributed by atoms with Crippen LogP contribution in [0.3, 0.4) is 0 Å². The van der Waals surface area contributed by atoms with Gasteiger partial charge in [0.1, 0.15) is 18.5 Å². The monoisotopic (exact) mass is 345 g/mol. The molecule has 7 heteroatoms. The normalized spacial score (nSPS) is 21.5. The van der Waals surface area contributed by atoms with E-state index in [9.17, 15) is 9.59 Å². The van der Waals surface area contributed by atoms with Crippen LogP contribution < -0.4 is 19.9 Å². The SMILES string of the molecule is CCC(=O)NC[C@H]1CN(c2cc3c4c(c2)OCCN4CCC3)C(=O)O1. The van der Waals surface area contributed by atoms with E-state index in [1.807, 2.05) is 6.07 Å². The van der Waals surface area contributed by atoms with Crippen LogP contribution in [0.1, 0.15) is 25.3 Å². The fraction of sp³-hybridized carbons (Fsp3) is 0.556. The van der Waals surface area contributed by atoms with Crippen molar-refractivity contribution in [2.45, 2.75) is 32.3 Å². The Hall–Kier alpha value is -2.44. The summed E-state index contributed by atoms with van der Waals surface area (Å²) < 4.78 is 11.2. The number of nitrogens with one attached hydrogen (secondary N) is 1. The molecule has 1 fully saturated rings. The first kappa shape index (κ1) is 16.1. The highest BCUT2D eigenvalue weighted by molar-refractivity contribution is 5.91. The van der Waals surface area contributed by atoms with Gasteiger partial charge in [-0.25, -0.2) is 4.79 Å². The Bertz CT molecular complexity index is 675. The van der Waals surface area contributed by atoms with E-state index in [1.165, 1.54) is 11.3 Å². The number of anilines is 2. The van der Waals surface area contributed by atoms with Crippen molar-refractivity contribution in [1.29, 1.82) is 0 Å². The minimum Gasteiger partial charge on any atom is -0.489 e. The molecule has 0 bridgehead atoms. The molecule has 0 spiro atoms. The molecule has 2 amide bonds. The molecule has 1 aromatic carbocycles. The summed E-state index contributed by atoms with van der Waals surface area (Å²) in [7, 11) is 0. The Morgan fingerprint density at radius 1 is 1.36 bits per heavy atom. The van der Waals surface area contributed by atoms with Crippen LogP contribution in [0.15, 0.2) is 12.1 Å². The van der Waals surface area contributed by atoms with Gasteiger partial charge >= 0.3 is 6.09 Å². The number of ether oxygens (including phenoxy) is 2. The number of amides is 2. The van der Waals surface area contributed by atoms with Gasteiger partial charge in [-0.05, 0) is 24.5 Å². The third-order valence-corrected chi connectivity index (χ3v) is 4.98. The summed E-state index contributed by atoms with van der Waals surface area (Å²) in [5.41, 5.74) is 3.22. The van der Waals surface area contributed by atoms with Crippen LogP contribution in [-0.2, 0) is 16.0 Å². The van der Waals surface area contributed by atoms with Crippen LogP contribution in [0.5, 0.6) is 5.75 Å². The van der Waals surface area contributed by atoms with Crippen LogP contribution in [0.25, 0.3) is 0 Å². The Balaban J connectivity index is 1.54. The highest BCUT2D eigenvalue weighted by Gasteiger charge is 2.34. The van der Waals surface area contributed by atoms with Gasteiger partial charge in [-0.3, -0.25) is 9.69 Å². The Kier molecular flexibility index (Phi) is 4.15. The van der Waals surface area contributed by atoms with Gasteiger partial charge in [-0.15, -0.1) is 0 Å². The van der Waals surface area contributed by atoms with Gasteiger partial charge in [0.25, 0.3) is 0 Å². The Morgan fingerprint density at radius 3 is 3.08 bits per heavy atom. The first-order valence-electron chi connectivity index (χ1n) is 8.95. The summed E-state index contributed by atoms with van der Waals surface area (Å²) in [6, 6.07) is 4.01. The first-order valence-corrected chi connectivity index (χ1v) is 8.95. The van der Waals surface area contributed by atoms with E-state index in [4.69, 9.17) is 9.47 Å². The molecule has 1 atom stereocenters. The molecule has 25 heavy (non-hydrogen) atoms. The van der Waals surface area contributed by atoms with Gasteiger partial charge in [0.05, 0.1) is 31.0 Å². The molecule has 4 rings (SSSR count). The maximum Gasteiger partial charge on any atom is 0.414 e. The van der Waals surface area contributed by atoms with E-state index in [0.717, 1.165) is 37.4 Å². The second kappa shape index (κ2) is 6.46. The van der Waals surface area contributed by atoms with Crippen molar-refractivity contribution in [1.82, 2.24) is 5.32 Å². The van der Waals surface area contributed by atoms with Crippen molar-refractivity contribution in [2.24, 2.45) is 0 Å². The fourth-order valence-electron chi connectivity index (χ4n) is 3.72. The lowest BCUT2D eigenvalue weighted by atomic mass is 9.99. The minimum absolute atomic E-state index is 0.0406. The molecule has 3 aliphatic rings. The molecule has 0 aliphatic carbocycles. The van der Waals surface area contributed by atoms with Crippen LogP contribution in [0.2, 0.25) is 0 Å². The van der Waals surface area contributed by atoms with E-state index < -0.39 is 0 Å². The molecule has 1 saturated heterocycles. The van der Waals surface area contributed by atoms with E-state index >= 15 is 0 Å². The number of hydrogen-bond acceptors (Lipinski definition) is 5. The van der Waals surface area contributed by atoms with Gasteiger partial charge in [-0.1, -0.05) is 6.92 Å². The molecule has 7 nitrogen and oxygen atoms in total. The predicted molar refractivity (Wildman–Crippen MR) is 93.4 cm³/mol. The largest absolute Gasteiger partial charge is 0.489 e. The van der Waals surface area contributed by atoms with Crippen LogP contribution >= 0.6 is 0 Å². The van der Waals surface area contributed by atoms with Crippen molar-refractivity contribution < 1.29 is 19.1 Å². The highest BCUT2D eigenvalue weighted by atomic mass is 16.6. The third-order valence-electron chi connectivity index (χ3n) is 4.98. The number of cyclic esters (lactones) is 1. The molecule has 3 heterocycles. The zero-order valence-corrected chi connectivity index (χ0v) is 14.4. The lowest BCUT2D eigenvalue weighted by Gasteiger charge is -2.37. The molecule has 134 valence electrons. The van der Waals surface area contributed by atoms with E-state index in [-0.39, 0.29) is 18.1 Å². The maximum absolute atomic E-state index is 12.3. The van der Waals surface area contributed by atoms with Crippen molar-refractivity contribution in [3.63, 3.8) is 0 Å². The summed E-state index contributed by atoms with van der Waals surface area (Å²) in [6.45, 7) is 5.23. The fourth-order valence-corrected chi connectivity index (χ4v) is 3.72. The lowest BCUT2D eigenvalue weighted by Crippen LogP contribution is -2.37. The standard InChI is InChI=1S/C18H23N3O4/c1-2-16(22)19-10-14-11-21(18(23)25-14)13-8-12-4-3-5-20-6-7-24-15(9-13)17(12)20/h8-9,14H,2-7,10-11H2,1H3,(H,19,22)/t14-/m0/s1. The number of benzene rings is 1. The summed E-state index contributed by atoms with van der Waals surface area (Å²) >= 11 is 0. The van der Waals surface area contributed by atoms with E-state index in [0.29, 0.717) is 26.1 Å². The van der Waals surface area contributed by atoms with Gasteiger partial charge in [0.15, 0.2) is 0 Å². The van der Waals surface area contributed by atoms with Crippen LogP contribution in [0, 0.1) is 0 Å². The Morgan fingerprint density at radius 2 is 2.24 bits per heavy atom. The van der Waals surface area contributed by atoms with Crippen molar-refractivity contribution >= 4 is 23.4 Å². The zero-order valence-electron chi connectivity index (χ0n) is 14.4. The summed E-state index contributed by atoms with van der Waals surface area (Å²) in [6.07, 6.45) is 1.84. The van der Waals surface area contributed by atoms with Crippen LogP contribution in [-0.4, -0.2) is 50.9 Å². The average Bonchev–Trinajstić information content (AvgIpc) is 3.01. The number of rotatable bonds is 4. The highest BCUT2D eigenvalue weighted by Crippen LogP contribution is 2.42. The van der Waals surface area contributed by atoms with Gasteiger partial charge in [-0.2, -0.15) is 0 Å². The second-order valence-corrected chi connectivity index (χ2v) is 6.66. The number of aryl methyl sites for hydroxylation is 1. The van der Waals surface area contributed by atoms with Gasteiger partial charge < -0.3 is 19.7 Å². The smallest absolute Gasteiger partial charge is 0.414 e. The van der Waals surface area contributed by atoms with Gasteiger partial charge in [0.2, 0.25) is 5.91 Å². The van der Waals surface area contributed by atoms with E-state index in [1.54, 1.807) is 11.8 Å². The molecular formula is C18H23N3O4. The summed E-state index contributed by atoms with van der Waals surface area (Å²) in [4.78, 5) is 27.7. The predicted octanol–water partition coefficient (Wildman–Crippen LogP) is 1.68. The molecule has 1 N–H and O–H groups in total. The summed E-state index contributed by atoms with van der Waals surface area (Å²) in [5.74, 6) is 0.815. The minimum atomic E-state index is -0.369. The molecule has 0 radical (unpaired) electrons. The number of hydrogen-bond donors (Lipinski definition) is 1. The zero-order chi connectivity index (χ0) is 17.4.